The van der Waals surface area contributed by atoms with E-state index in [1.54, 1.807) is 0 Å². The first-order valence-electron chi connectivity index (χ1n) is 50.3. The number of thiophene rings is 3. The van der Waals surface area contributed by atoms with Gasteiger partial charge in [0.1, 0.15) is 0 Å². The monoisotopic (exact) mass is 1920 g/mol. The highest BCUT2D eigenvalue weighted by atomic mass is 32.1. The zero-order chi connectivity index (χ0) is 96.2. The van der Waals surface area contributed by atoms with Crippen LogP contribution in [0.15, 0.2) is 510 Å². The summed E-state index contributed by atoms with van der Waals surface area (Å²) in [5.74, 6) is 0. The molecule has 0 aliphatic heterocycles. The molecule has 0 aliphatic carbocycles. The maximum Gasteiger partial charge on any atom is 0.0555 e. The maximum absolute atomic E-state index is 2.44. The number of rotatable bonds is 9. The Balaban J connectivity index is 0.0000000999. The van der Waals surface area contributed by atoms with Crippen molar-refractivity contribution < 1.29 is 0 Å². The Labute approximate surface area is 855 Å². The molecule has 0 saturated heterocycles. The normalized spacial score (nSPS) is 12.1. The second-order valence-corrected chi connectivity index (χ2v) is 42.0. The molecule has 0 aliphatic rings. The molecule has 147 heavy (non-hydrogen) atoms. The Hall–Kier alpha value is -18.5. The Kier molecular flexibility index (Phi) is 18.7. The standard InChI is InChI=1S/3C46H28N2S/c1-2-13-32(14-3-1)47-42-25-22-31(28-38(42)45-43(47)26-23-36-35-17-7-9-20-44(35)49-46(36)45)30-21-24-41-37(27-30)34-16-6-8-18-40(34)48(41)39-19-10-12-29-11-4-5-15-33(29)39;1-2-13-32(14-3-1)47-42-23-21-31(26-37(42)38-28-46-39(27-44(38)47)35-17-7-9-20-45(35)49-46)30-22-24-43-36(25-30)34-16-6-8-18-41(34)48(43)40-19-10-12-29-11-4-5-15-33(29)40;1-2-13-32(14-3-1)47-41-24-22-31(28-37(41)45-42(47)25-26-44-46(45)35-17-7-9-20-43(35)49-44)30-21-23-40-36(27-30)34-16-6-8-18-39(34)48(40)38-19-10-12-29-11-4-5-15-33(29)38/h3*1-28H. The lowest BCUT2D eigenvalue weighted by atomic mass is 9.99. The number of para-hydroxylation sites is 6. The lowest BCUT2D eigenvalue weighted by Crippen LogP contribution is -1.95. The van der Waals surface area contributed by atoms with E-state index < -0.39 is 0 Å². The van der Waals surface area contributed by atoms with Crippen molar-refractivity contribution in [2.24, 2.45) is 0 Å². The third-order valence-electron chi connectivity index (χ3n) is 30.9. The molecular formula is C138H84N6S3. The van der Waals surface area contributed by atoms with Crippen LogP contribution in [-0.4, -0.2) is 27.4 Å². The molecule has 0 N–H and O–H groups in total. The fraction of sp³-hybridized carbons (Fsp3) is 0. The van der Waals surface area contributed by atoms with Gasteiger partial charge in [-0.1, -0.05) is 315 Å². The predicted octanol–water partition coefficient (Wildman–Crippen LogP) is 39.2. The van der Waals surface area contributed by atoms with E-state index in [2.05, 4.69) is 537 Å². The quantitative estimate of drug-likeness (QED) is 0.138. The molecule has 0 atom stereocenters. The van der Waals surface area contributed by atoms with Crippen molar-refractivity contribution in [1.29, 1.82) is 0 Å². The van der Waals surface area contributed by atoms with Gasteiger partial charge in [0.25, 0.3) is 0 Å². The number of nitrogens with zero attached hydrogens (tertiary/aromatic N) is 6. The van der Waals surface area contributed by atoms with Crippen molar-refractivity contribution in [2.45, 2.75) is 0 Å². The fourth-order valence-electron chi connectivity index (χ4n) is 24.4. The maximum atomic E-state index is 2.44. The average Bonchev–Trinajstić information content (AvgIpc) is 1.55. The lowest BCUT2D eigenvalue weighted by Gasteiger charge is -2.12. The van der Waals surface area contributed by atoms with Gasteiger partial charge in [0.15, 0.2) is 0 Å². The molecule has 0 fully saturated rings. The van der Waals surface area contributed by atoms with Crippen molar-refractivity contribution in [3.05, 3.63) is 510 Å². The molecule has 0 bridgehead atoms. The van der Waals surface area contributed by atoms with Crippen LogP contribution in [0.2, 0.25) is 0 Å². The molecule has 24 aromatic carbocycles. The van der Waals surface area contributed by atoms with Crippen molar-refractivity contribution in [2.75, 3.05) is 0 Å². The first-order valence-corrected chi connectivity index (χ1v) is 52.8. The molecule has 33 aromatic rings. The Morgan fingerprint density at radius 1 is 0.122 bits per heavy atom. The highest BCUT2D eigenvalue weighted by molar-refractivity contribution is 7.27. The molecule has 33 rings (SSSR count). The van der Waals surface area contributed by atoms with Crippen LogP contribution < -0.4 is 0 Å². The molecule has 0 amide bonds. The van der Waals surface area contributed by atoms with Crippen LogP contribution in [0.5, 0.6) is 0 Å². The van der Waals surface area contributed by atoms with E-state index in [4.69, 9.17) is 0 Å². The number of hydrogen-bond donors (Lipinski definition) is 0. The molecule has 6 nitrogen and oxygen atoms in total. The molecule has 9 heteroatoms. The van der Waals surface area contributed by atoms with Crippen LogP contribution in [0.25, 0.3) is 291 Å². The lowest BCUT2D eigenvalue weighted by molar-refractivity contribution is 1.18. The van der Waals surface area contributed by atoms with Crippen LogP contribution in [0.4, 0.5) is 0 Å². The minimum atomic E-state index is 1.18. The van der Waals surface area contributed by atoms with Gasteiger partial charge in [-0.15, -0.1) is 34.0 Å². The van der Waals surface area contributed by atoms with Crippen LogP contribution in [0.1, 0.15) is 0 Å². The fourth-order valence-corrected chi connectivity index (χ4v) is 27.9. The van der Waals surface area contributed by atoms with Gasteiger partial charge in [-0.3, -0.25) is 0 Å². The first kappa shape index (κ1) is 83.2. The summed E-state index contributed by atoms with van der Waals surface area (Å²) in [4.78, 5) is 0. The third-order valence-corrected chi connectivity index (χ3v) is 34.4. The topological polar surface area (TPSA) is 29.6 Å². The van der Waals surface area contributed by atoms with Crippen molar-refractivity contribution >= 4 is 258 Å². The van der Waals surface area contributed by atoms with E-state index in [9.17, 15) is 0 Å². The predicted molar refractivity (Wildman–Crippen MR) is 633 cm³/mol. The molecular weight excluding hydrogens is 1840 g/mol. The number of hydrogen-bond acceptors (Lipinski definition) is 3. The molecule has 9 heterocycles. The highest BCUT2D eigenvalue weighted by Crippen LogP contribution is 2.51. The molecule has 0 saturated carbocycles. The van der Waals surface area contributed by atoms with Gasteiger partial charge in [-0.05, 0) is 244 Å². The SMILES string of the molecule is c1ccc(-n2c3ccc(-c4ccc5c(c4)c4ccccc4n5-c4cccc5ccccc45)cc3c3c4c(ccc32)sc2ccccc24)cc1.c1ccc(-n2c3ccc(-c4ccc5c(c4)c4ccccc4n5-c4cccc5ccccc45)cc3c3c4sc5ccccc5c4ccc32)cc1.c1ccc(-n2c3ccc(-c4ccc5c(c4)c4ccccc4n5-c4cccc5ccccc45)cc3c3cc4sc5ccccc5c4cc32)cc1. The van der Waals surface area contributed by atoms with Crippen LogP contribution >= 0.6 is 34.0 Å². The van der Waals surface area contributed by atoms with Crippen molar-refractivity contribution in [1.82, 2.24) is 27.4 Å². The molecule has 0 unspecified atom stereocenters. The van der Waals surface area contributed by atoms with Gasteiger partial charge in [-0.25, -0.2) is 0 Å². The number of fused-ring (bicyclic) bond motifs is 32. The summed E-state index contributed by atoms with van der Waals surface area (Å²) in [5, 5.41) is 30.8. The minimum absolute atomic E-state index is 1.18. The zero-order valence-corrected chi connectivity index (χ0v) is 81.9. The van der Waals surface area contributed by atoms with Gasteiger partial charge in [0.2, 0.25) is 0 Å². The molecule has 9 aromatic heterocycles. The Morgan fingerprint density at radius 3 is 0.850 bits per heavy atom. The molecule has 684 valence electrons. The van der Waals surface area contributed by atoms with E-state index in [1.807, 2.05) is 34.0 Å². The summed E-state index contributed by atoms with van der Waals surface area (Å²) < 4.78 is 22.6. The summed E-state index contributed by atoms with van der Waals surface area (Å²) in [6.45, 7) is 0. The van der Waals surface area contributed by atoms with Gasteiger partial charge >= 0.3 is 0 Å². The van der Waals surface area contributed by atoms with E-state index >= 15 is 0 Å². The molecule has 0 spiro atoms. The third kappa shape index (κ3) is 12.9. The average molecular weight is 1920 g/mol. The van der Waals surface area contributed by atoms with Crippen LogP contribution in [-0.2, 0) is 0 Å². The summed E-state index contributed by atoms with van der Waals surface area (Å²) in [6, 6.07) is 187. The van der Waals surface area contributed by atoms with E-state index in [0.29, 0.717) is 0 Å². The second-order valence-electron chi connectivity index (χ2n) is 38.8. The van der Waals surface area contributed by atoms with Crippen molar-refractivity contribution in [3.63, 3.8) is 0 Å². The number of aromatic nitrogens is 6. The van der Waals surface area contributed by atoms with Gasteiger partial charge in [0, 0.05) is 158 Å². The van der Waals surface area contributed by atoms with Gasteiger partial charge in [0.05, 0.1) is 83.3 Å². The molecule has 0 radical (unpaired) electrons. The zero-order valence-electron chi connectivity index (χ0n) is 79.4. The number of benzene rings is 24. The second kappa shape index (κ2) is 33.1. The summed E-state index contributed by atoms with van der Waals surface area (Å²) >= 11 is 5.67. The van der Waals surface area contributed by atoms with Crippen LogP contribution in [0, 0.1) is 0 Å². The van der Waals surface area contributed by atoms with Crippen LogP contribution in [0.3, 0.4) is 0 Å². The van der Waals surface area contributed by atoms with Crippen molar-refractivity contribution in [3.8, 4) is 67.5 Å². The van der Waals surface area contributed by atoms with Gasteiger partial charge in [-0.2, -0.15) is 0 Å². The Bertz CT molecular complexity index is 11300. The Morgan fingerprint density at radius 2 is 0.408 bits per heavy atom. The highest BCUT2D eigenvalue weighted by Gasteiger charge is 2.27. The smallest absolute Gasteiger partial charge is 0.0555 e. The summed E-state index contributed by atoms with van der Waals surface area (Å²) in [5.41, 5.74) is 29.2. The van der Waals surface area contributed by atoms with E-state index in [-0.39, 0.29) is 0 Å². The first-order chi connectivity index (χ1) is 72.9. The minimum Gasteiger partial charge on any atom is -0.309 e. The largest absolute Gasteiger partial charge is 0.309 e. The summed E-state index contributed by atoms with van der Waals surface area (Å²) in [6.07, 6.45) is 0. The van der Waals surface area contributed by atoms with E-state index in [0.717, 1.165) is 0 Å². The summed E-state index contributed by atoms with van der Waals surface area (Å²) in [7, 11) is 0. The van der Waals surface area contributed by atoms with E-state index in [1.165, 1.54) is 291 Å². The van der Waals surface area contributed by atoms with Gasteiger partial charge < -0.3 is 27.4 Å².